The zero-order chi connectivity index (χ0) is 25.6. The molecule has 0 saturated carbocycles. The Morgan fingerprint density at radius 3 is 2.54 bits per heavy atom. The molecule has 0 bridgehead atoms. The third-order valence-corrected chi connectivity index (χ3v) is 7.39. The van der Waals surface area contributed by atoms with Crippen LogP contribution in [0.4, 0.5) is 10.1 Å². The van der Waals surface area contributed by atoms with Gasteiger partial charge in [-0.05, 0) is 66.9 Å². The van der Waals surface area contributed by atoms with Crippen LogP contribution in [0.5, 0.6) is 5.75 Å². The first-order chi connectivity index (χ1) is 18.1. The summed E-state index contributed by atoms with van der Waals surface area (Å²) in [6.45, 7) is 1.32. The van der Waals surface area contributed by atoms with E-state index < -0.39 is 5.25 Å². The van der Waals surface area contributed by atoms with E-state index >= 15 is 0 Å². The lowest BCUT2D eigenvalue weighted by atomic mass is 10.1. The van der Waals surface area contributed by atoms with Gasteiger partial charge in [0.15, 0.2) is 11.0 Å². The van der Waals surface area contributed by atoms with Crippen LogP contribution in [0.25, 0.3) is 11.4 Å². The summed E-state index contributed by atoms with van der Waals surface area (Å²) >= 11 is 1.33. The average Bonchev–Trinajstić information content (AvgIpc) is 3.59. The molecule has 2 heterocycles. The molecule has 3 aromatic carbocycles. The molecule has 7 nitrogen and oxygen atoms in total. The predicted molar refractivity (Wildman–Crippen MR) is 141 cm³/mol. The molecule has 0 aliphatic carbocycles. The molecular formula is C28H27FN4O3S. The van der Waals surface area contributed by atoms with E-state index in [9.17, 15) is 9.18 Å². The Morgan fingerprint density at radius 2 is 1.86 bits per heavy atom. The second-order valence-electron chi connectivity index (χ2n) is 8.69. The van der Waals surface area contributed by atoms with E-state index in [1.54, 1.807) is 19.2 Å². The molecule has 37 heavy (non-hydrogen) atoms. The van der Waals surface area contributed by atoms with E-state index in [-0.39, 0.29) is 17.8 Å². The molecule has 1 aliphatic heterocycles. The number of hydrogen-bond donors (Lipinski definition) is 1. The Morgan fingerprint density at radius 1 is 1.11 bits per heavy atom. The summed E-state index contributed by atoms with van der Waals surface area (Å²) in [6.07, 6.45) is 2.02. The minimum Gasteiger partial charge on any atom is -0.497 e. The number of thioether (sulfide) groups is 1. The molecule has 0 spiro atoms. The van der Waals surface area contributed by atoms with Crippen LogP contribution >= 0.6 is 11.8 Å². The van der Waals surface area contributed by atoms with Crippen molar-refractivity contribution >= 4 is 23.4 Å². The Hall–Kier alpha value is -3.69. The SMILES string of the molecule is COc1ccc(-c2nnc(S[C@@H](C(=O)Nc3ccc(F)cc3)c3ccccc3)n2C[C@H]2CCCO2)cc1. The molecule has 1 amide bonds. The fourth-order valence-electron chi connectivity index (χ4n) is 4.23. The van der Waals surface area contributed by atoms with Crippen molar-refractivity contribution in [1.82, 2.24) is 14.8 Å². The van der Waals surface area contributed by atoms with Gasteiger partial charge in [0.1, 0.15) is 16.8 Å². The number of rotatable bonds is 9. The zero-order valence-corrected chi connectivity index (χ0v) is 21.2. The first-order valence-electron chi connectivity index (χ1n) is 12.1. The highest BCUT2D eigenvalue weighted by molar-refractivity contribution is 8.00. The van der Waals surface area contributed by atoms with E-state index in [4.69, 9.17) is 9.47 Å². The second kappa shape index (κ2) is 11.6. The van der Waals surface area contributed by atoms with Crippen molar-refractivity contribution in [3.63, 3.8) is 0 Å². The second-order valence-corrected chi connectivity index (χ2v) is 9.76. The minimum absolute atomic E-state index is 0.0514. The highest BCUT2D eigenvalue weighted by Crippen LogP contribution is 2.37. The summed E-state index contributed by atoms with van der Waals surface area (Å²) in [4.78, 5) is 13.5. The van der Waals surface area contributed by atoms with E-state index in [1.807, 2.05) is 59.2 Å². The van der Waals surface area contributed by atoms with Crippen molar-refractivity contribution in [1.29, 1.82) is 0 Å². The van der Waals surface area contributed by atoms with Crippen molar-refractivity contribution in [3.8, 4) is 17.1 Å². The maximum atomic E-state index is 13.5. The number of nitrogens with zero attached hydrogens (tertiary/aromatic N) is 3. The van der Waals surface area contributed by atoms with Gasteiger partial charge in [-0.3, -0.25) is 9.36 Å². The minimum atomic E-state index is -0.609. The topological polar surface area (TPSA) is 78.3 Å². The van der Waals surface area contributed by atoms with Gasteiger partial charge in [0, 0.05) is 17.9 Å². The van der Waals surface area contributed by atoms with Gasteiger partial charge in [-0.15, -0.1) is 10.2 Å². The fraction of sp³-hybridized carbons (Fsp3) is 0.250. The number of nitrogens with one attached hydrogen (secondary N) is 1. The van der Waals surface area contributed by atoms with Crippen LogP contribution in [0.3, 0.4) is 0 Å². The van der Waals surface area contributed by atoms with Gasteiger partial charge in [0.25, 0.3) is 0 Å². The summed E-state index contributed by atoms with van der Waals surface area (Å²) < 4.78 is 26.6. The van der Waals surface area contributed by atoms with Crippen molar-refractivity contribution in [2.24, 2.45) is 0 Å². The molecule has 9 heteroatoms. The van der Waals surface area contributed by atoms with Crippen LogP contribution in [-0.2, 0) is 16.1 Å². The van der Waals surface area contributed by atoms with Gasteiger partial charge in [0.2, 0.25) is 5.91 Å². The van der Waals surface area contributed by atoms with E-state index in [1.165, 1.54) is 23.9 Å². The molecule has 5 rings (SSSR count). The Bertz CT molecular complexity index is 1320. The summed E-state index contributed by atoms with van der Waals surface area (Å²) in [7, 11) is 1.63. The number of hydrogen-bond acceptors (Lipinski definition) is 6. The van der Waals surface area contributed by atoms with Gasteiger partial charge in [-0.1, -0.05) is 42.1 Å². The fourth-order valence-corrected chi connectivity index (χ4v) is 5.28. The van der Waals surface area contributed by atoms with E-state index in [0.717, 1.165) is 36.3 Å². The van der Waals surface area contributed by atoms with Crippen molar-refractivity contribution in [2.45, 2.75) is 35.9 Å². The van der Waals surface area contributed by atoms with Gasteiger partial charge in [-0.2, -0.15) is 0 Å². The number of ether oxygens (including phenoxy) is 2. The third-order valence-electron chi connectivity index (χ3n) is 6.15. The van der Waals surface area contributed by atoms with Crippen LogP contribution < -0.4 is 10.1 Å². The van der Waals surface area contributed by atoms with E-state index in [2.05, 4.69) is 15.5 Å². The first-order valence-corrected chi connectivity index (χ1v) is 13.0. The van der Waals surface area contributed by atoms with Crippen LogP contribution in [-0.4, -0.2) is 40.5 Å². The van der Waals surface area contributed by atoms with Crippen molar-refractivity contribution < 1.29 is 18.7 Å². The maximum absolute atomic E-state index is 13.5. The predicted octanol–water partition coefficient (Wildman–Crippen LogP) is 5.74. The van der Waals surface area contributed by atoms with Crippen molar-refractivity contribution in [2.75, 3.05) is 19.0 Å². The van der Waals surface area contributed by atoms with E-state index in [0.29, 0.717) is 23.2 Å². The molecule has 0 radical (unpaired) electrons. The number of amides is 1. The number of halogens is 1. The third kappa shape index (κ3) is 6.00. The maximum Gasteiger partial charge on any atom is 0.242 e. The van der Waals surface area contributed by atoms with Crippen LogP contribution in [0.1, 0.15) is 23.7 Å². The molecule has 1 aliphatic rings. The first kappa shape index (κ1) is 25.0. The normalized spacial score (nSPS) is 15.9. The van der Waals surface area contributed by atoms with Gasteiger partial charge < -0.3 is 14.8 Å². The van der Waals surface area contributed by atoms with Gasteiger partial charge in [-0.25, -0.2) is 4.39 Å². The molecule has 1 saturated heterocycles. The van der Waals surface area contributed by atoms with Crippen LogP contribution in [0, 0.1) is 5.82 Å². The Labute approximate surface area is 219 Å². The lowest BCUT2D eigenvalue weighted by molar-refractivity contribution is -0.115. The lowest BCUT2D eigenvalue weighted by Crippen LogP contribution is -2.21. The average molecular weight is 519 g/mol. The van der Waals surface area contributed by atoms with Crippen LogP contribution in [0.2, 0.25) is 0 Å². The summed E-state index contributed by atoms with van der Waals surface area (Å²) in [6, 6.07) is 22.9. The number of aromatic nitrogens is 3. The Kier molecular flexibility index (Phi) is 7.82. The zero-order valence-electron chi connectivity index (χ0n) is 20.3. The highest BCUT2D eigenvalue weighted by atomic mass is 32.2. The molecular weight excluding hydrogens is 491 g/mol. The van der Waals surface area contributed by atoms with Crippen LogP contribution in [0.15, 0.2) is 84.0 Å². The van der Waals surface area contributed by atoms with Gasteiger partial charge >= 0.3 is 0 Å². The standard InChI is InChI=1S/C28H27FN4O3S/c1-35-23-15-9-20(10-16-23)26-31-32-28(33(26)18-24-8-5-17-36-24)37-25(19-6-3-2-4-7-19)27(34)30-22-13-11-21(29)12-14-22/h2-4,6-7,9-16,24-25H,5,8,17-18H2,1H3,(H,30,34)/t24-,25-/m1/s1. The monoisotopic (exact) mass is 518 g/mol. The molecule has 2 atom stereocenters. The summed E-state index contributed by atoms with van der Waals surface area (Å²) in [5.74, 6) is 0.859. The number of carbonyl (C=O) groups excluding carboxylic acids is 1. The molecule has 4 aromatic rings. The Balaban J connectivity index is 1.48. The molecule has 190 valence electrons. The smallest absolute Gasteiger partial charge is 0.242 e. The molecule has 1 aromatic heterocycles. The summed E-state index contributed by atoms with van der Waals surface area (Å²) in [5.41, 5.74) is 2.24. The molecule has 0 unspecified atom stereocenters. The number of methoxy groups -OCH3 is 1. The largest absolute Gasteiger partial charge is 0.497 e. The molecule has 1 N–H and O–H groups in total. The lowest BCUT2D eigenvalue weighted by Gasteiger charge is -2.19. The number of anilines is 1. The van der Waals surface area contributed by atoms with Crippen molar-refractivity contribution in [3.05, 3.63) is 90.2 Å². The highest BCUT2D eigenvalue weighted by Gasteiger charge is 2.28. The number of carbonyl (C=O) groups is 1. The van der Waals surface area contributed by atoms with Gasteiger partial charge in [0.05, 0.1) is 19.8 Å². The quantitative estimate of drug-likeness (QED) is 0.285. The summed E-state index contributed by atoms with van der Waals surface area (Å²) in [5, 5.41) is 11.9. The number of benzene rings is 3. The molecule has 1 fully saturated rings.